The van der Waals surface area contributed by atoms with Crippen molar-refractivity contribution in [3.8, 4) is 0 Å². The van der Waals surface area contributed by atoms with Crippen LogP contribution in [-0.2, 0) is 6.42 Å². The van der Waals surface area contributed by atoms with E-state index < -0.39 is 0 Å². The fraction of sp³-hybridized carbons (Fsp3) is 0.632. The summed E-state index contributed by atoms with van der Waals surface area (Å²) in [6.07, 6.45) is 12.4. The normalized spacial score (nSPS) is 15.7. The molecule has 1 heterocycles. The maximum absolute atomic E-state index is 4.22. The molecule has 1 aliphatic rings. The molecule has 21 heavy (non-hydrogen) atoms. The minimum absolute atomic E-state index is 0.465. The molecule has 1 unspecified atom stereocenters. The molecule has 116 valence electrons. The predicted octanol–water partition coefficient (Wildman–Crippen LogP) is 4.61. The third-order valence-corrected chi connectivity index (χ3v) is 5.35. The smallest absolute Gasteiger partial charge is 0.0309 e. The van der Waals surface area contributed by atoms with Gasteiger partial charge in [0, 0.05) is 18.4 Å². The molecular formula is C19H30N2. The van der Waals surface area contributed by atoms with Crippen molar-refractivity contribution < 1.29 is 0 Å². The summed E-state index contributed by atoms with van der Waals surface area (Å²) < 4.78 is 0. The van der Waals surface area contributed by atoms with Crippen molar-refractivity contribution in [1.29, 1.82) is 0 Å². The van der Waals surface area contributed by atoms with Gasteiger partial charge in [-0.1, -0.05) is 39.7 Å². The minimum Gasteiger partial charge on any atom is -0.311 e. The summed E-state index contributed by atoms with van der Waals surface area (Å²) in [7, 11) is 0. The number of hydrogen-bond acceptors (Lipinski definition) is 2. The monoisotopic (exact) mass is 286 g/mol. The van der Waals surface area contributed by atoms with E-state index in [0.29, 0.717) is 11.5 Å². The lowest BCUT2D eigenvalue weighted by Gasteiger charge is -2.27. The van der Waals surface area contributed by atoms with Gasteiger partial charge in [0.1, 0.15) is 0 Å². The van der Waals surface area contributed by atoms with Crippen LogP contribution < -0.4 is 5.32 Å². The zero-order chi connectivity index (χ0) is 15.3. The van der Waals surface area contributed by atoms with E-state index >= 15 is 0 Å². The van der Waals surface area contributed by atoms with E-state index in [0.717, 1.165) is 13.0 Å². The largest absolute Gasteiger partial charge is 0.311 e. The fourth-order valence-electron chi connectivity index (χ4n) is 3.04. The van der Waals surface area contributed by atoms with Crippen molar-refractivity contribution in [2.75, 3.05) is 6.54 Å². The van der Waals surface area contributed by atoms with Crippen molar-refractivity contribution in [3.05, 3.63) is 35.2 Å². The van der Waals surface area contributed by atoms with Crippen molar-refractivity contribution >= 4 is 6.08 Å². The van der Waals surface area contributed by atoms with Crippen LogP contribution in [0.3, 0.4) is 0 Å². The van der Waals surface area contributed by atoms with Crippen LogP contribution >= 0.6 is 0 Å². The van der Waals surface area contributed by atoms with Crippen LogP contribution in [0.25, 0.3) is 6.08 Å². The molecule has 0 aliphatic heterocycles. The molecule has 1 atom stereocenters. The lowest BCUT2D eigenvalue weighted by atomic mass is 9.80. The molecule has 1 N–H and O–H groups in total. The van der Waals surface area contributed by atoms with E-state index in [1.807, 2.05) is 12.4 Å². The molecule has 0 amide bonds. The van der Waals surface area contributed by atoms with Crippen LogP contribution in [0.15, 0.2) is 24.0 Å². The van der Waals surface area contributed by atoms with Crippen LogP contribution in [0.1, 0.15) is 64.5 Å². The molecule has 0 radical (unpaired) electrons. The van der Waals surface area contributed by atoms with Crippen molar-refractivity contribution in [3.63, 3.8) is 0 Å². The van der Waals surface area contributed by atoms with Gasteiger partial charge < -0.3 is 5.32 Å². The highest BCUT2D eigenvalue weighted by molar-refractivity contribution is 5.63. The summed E-state index contributed by atoms with van der Waals surface area (Å²) in [5.74, 6) is 0. The molecule has 0 fully saturated rings. The van der Waals surface area contributed by atoms with Crippen molar-refractivity contribution in [2.45, 2.75) is 65.8 Å². The van der Waals surface area contributed by atoms with E-state index in [9.17, 15) is 0 Å². The van der Waals surface area contributed by atoms with Gasteiger partial charge in [0.15, 0.2) is 0 Å². The Bertz CT molecular complexity index is 486. The Morgan fingerprint density at radius 3 is 2.76 bits per heavy atom. The van der Waals surface area contributed by atoms with Crippen molar-refractivity contribution in [2.24, 2.45) is 5.41 Å². The van der Waals surface area contributed by atoms with Crippen LogP contribution in [0, 0.1) is 5.41 Å². The molecular weight excluding hydrogens is 256 g/mol. The second-order valence-corrected chi connectivity index (χ2v) is 6.77. The average molecular weight is 286 g/mol. The van der Waals surface area contributed by atoms with Crippen LogP contribution in [0.2, 0.25) is 0 Å². The lowest BCUT2D eigenvalue weighted by Crippen LogP contribution is -2.29. The molecule has 0 aromatic carbocycles. The van der Waals surface area contributed by atoms with Gasteiger partial charge in [0.2, 0.25) is 0 Å². The first-order valence-corrected chi connectivity index (χ1v) is 8.44. The van der Waals surface area contributed by atoms with Gasteiger partial charge in [-0.3, -0.25) is 4.98 Å². The van der Waals surface area contributed by atoms with Gasteiger partial charge >= 0.3 is 0 Å². The molecule has 2 nitrogen and oxygen atoms in total. The third kappa shape index (κ3) is 4.16. The summed E-state index contributed by atoms with van der Waals surface area (Å²) in [6, 6.07) is 2.58. The molecule has 2 heteroatoms. The minimum atomic E-state index is 0.465. The molecule has 1 aromatic rings. The van der Waals surface area contributed by atoms with Gasteiger partial charge in [0.05, 0.1) is 0 Å². The van der Waals surface area contributed by atoms with E-state index in [2.05, 4.69) is 50.1 Å². The number of nitrogens with one attached hydrogen (secondary N) is 1. The summed E-state index contributed by atoms with van der Waals surface area (Å²) in [5, 5.41) is 3.69. The summed E-state index contributed by atoms with van der Waals surface area (Å²) >= 11 is 0. The highest BCUT2D eigenvalue weighted by Gasteiger charge is 2.20. The Morgan fingerprint density at radius 1 is 1.33 bits per heavy atom. The van der Waals surface area contributed by atoms with E-state index in [1.165, 1.54) is 42.4 Å². The Kier molecular flexibility index (Phi) is 5.58. The number of nitrogens with zero attached hydrogens (tertiary/aromatic N) is 1. The van der Waals surface area contributed by atoms with Gasteiger partial charge in [-0.05, 0) is 60.9 Å². The summed E-state index contributed by atoms with van der Waals surface area (Å²) in [6.45, 7) is 10.4. The SMILES string of the molecule is CCC(C)(CC)CCCNC(C)C1=Cc2ccncc2C1. The summed E-state index contributed by atoms with van der Waals surface area (Å²) in [5.41, 5.74) is 4.73. The average Bonchev–Trinajstić information content (AvgIpc) is 2.95. The number of hydrogen-bond donors (Lipinski definition) is 1. The molecule has 0 bridgehead atoms. The maximum Gasteiger partial charge on any atom is 0.0309 e. The molecule has 0 spiro atoms. The Hall–Kier alpha value is -1.15. The summed E-state index contributed by atoms with van der Waals surface area (Å²) in [4.78, 5) is 4.22. The van der Waals surface area contributed by atoms with E-state index in [-0.39, 0.29) is 0 Å². The van der Waals surface area contributed by atoms with E-state index in [4.69, 9.17) is 0 Å². The number of pyridine rings is 1. The first-order chi connectivity index (χ1) is 10.1. The second-order valence-electron chi connectivity index (χ2n) is 6.77. The highest BCUT2D eigenvalue weighted by atomic mass is 14.9. The standard InChI is InChI=1S/C19H30N2/c1-5-19(4,6-2)9-7-10-21-15(3)17-12-16-8-11-20-14-18(16)13-17/h8,11-12,14-15,21H,5-7,9-10,13H2,1-4H3. The molecule has 1 aromatic heterocycles. The third-order valence-electron chi connectivity index (χ3n) is 5.35. The number of fused-ring (bicyclic) bond motifs is 1. The van der Waals surface area contributed by atoms with Gasteiger partial charge in [-0.15, -0.1) is 0 Å². The molecule has 1 aliphatic carbocycles. The molecule has 0 saturated carbocycles. The first-order valence-electron chi connectivity index (χ1n) is 8.44. The molecule has 2 rings (SSSR count). The van der Waals surface area contributed by atoms with Crippen LogP contribution in [0.5, 0.6) is 0 Å². The van der Waals surface area contributed by atoms with Crippen molar-refractivity contribution in [1.82, 2.24) is 10.3 Å². The van der Waals surface area contributed by atoms with Crippen LogP contribution in [-0.4, -0.2) is 17.6 Å². The lowest BCUT2D eigenvalue weighted by molar-refractivity contribution is 0.263. The Balaban J connectivity index is 1.76. The number of aromatic nitrogens is 1. The first kappa shape index (κ1) is 16.2. The predicted molar refractivity (Wildman–Crippen MR) is 91.3 cm³/mol. The van der Waals surface area contributed by atoms with E-state index in [1.54, 1.807) is 0 Å². The number of rotatable bonds is 8. The second kappa shape index (κ2) is 7.22. The zero-order valence-electron chi connectivity index (χ0n) is 14.1. The van der Waals surface area contributed by atoms with Gasteiger partial charge in [-0.2, -0.15) is 0 Å². The Morgan fingerprint density at radius 2 is 2.10 bits per heavy atom. The zero-order valence-corrected chi connectivity index (χ0v) is 14.1. The molecule has 0 saturated heterocycles. The fourth-order valence-corrected chi connectivity index (χ4v) is 3.04. The van der Waals surface area contributed by atoms with Gasteiger partial charge in [-0.25, -0.2) is 0 Å². The highest BCUT2D eigenvalue weighted by Crippen LogP contribution is 2.31. The maximum atomic E-state index is 4.22. The Labute approximate surface area is 130 Å². The van der Waals surface area contributed by atoms with Gasteiger partial charge in [0.25, 0.3) is 0 Å². The topological polar surface area (TPSA) is 24.9 Å². The van der Waals surface area contributed by atoms with Crippen LogP contribution in [0.4, 0.5) is 0 Å². The quantitative estimate of drug-likeness (QED) is 0.706.